The zero-order valence-electron chi connectivity index (χ0n) is 16.7. The van der Waals surface area contributed by atoms with Gasteiger partial charge in [-0.3, -0.25) is 0 Å². The molecule has 0 aromatic carbocycles. The van der Waals surface area contributed by atoms with Gasteiger partial charge in [-0.05, 0) is 0 Å². The summed E-state index contributed by atoms with van der Waals surface area (Å²) in [6.45, 7) is 22.7. The standard InChI is InChI=1S/C8H15Ge.3C3H9Si/c1-2-3-4-5-6-7-8-9;3*1-4(2)3/h7-8H,2-6H2,1H3;3*1-3H3/b8-7+;;;. The molecule has 0 aliphatic carbocycles. The van der Waals surface area contributed by atoms with Crippen LogP contribution >= 0.6 is 0 Å². The predicted octanol–water partition coefficient (Wildman–Crippen LogP) is 6.75. The van der Waals surface area contributed by atoms with Crippen molar-refractivity contribution in [3.63, 3.8) is 0 Å². The van der Waals surface area contributed by atoms with Gasteiger partial charge in [-0.25, -0.2) is 0 Å². The molecule has 0 nitrogen and oxygen atoms in total. The first-order chi connectivity index (χ1) is 9.61. The van der Waals surface area contributed by atoms with Gasteiger partial charge >= 0.3 is 66.5 Å². The molecule has 0 aliphatic rings. The van der Waals surface area contributed by atoms with E-state index in [2.05, 4.69) is 93.3 Å². The number of allylic oxidation sites excluding steroid dienone is 1. The molecule has 0 spiro atoms. The van der Waals surface area contributed by atoms with Gasteiger partial charge in [-0.2, -0.15) is 0 Å². The third-order valence-corrected chi connectivity index (χ3v) is 1.84. The summed E-state index contributed by atoms with van der Waals surface area (Å²) in [5, 5.41) is 0. The maximum absolute atomic E-state index is 2.27. The van der Waals surface area contributed by atoms with Crippen LogP contribution in [0.25, 0.3) is 0 Å². The van der Waals surface area contributed by atoms with E-state index in [0.717, 1.165) is 0 Å². The van der Waals surface area contributed by atoms with Gasteiger partial charge in [0, 0.05) is 26.4 Å². The summed E-state index contributed by atoms with van der Waals surface area (Å²) in [6, 6.07) is 0. The van der Waals surface area contributed by atoms with E-state index in [1.165, 1.54) is 32.1 Å². The minimum absolute atomic E-state index is 0.120. The summed E-state index contributed by atoms with van der Waals surface area (Å²) < 4.78 is 0. The molecule has 0 amide bonds. The Balaban J connectivity index is -0.000000102. The zero-order valence-corrected chi connectivity index (χ0v) is 21.8. The molecule has 0 heterocycles. The molecule has 0 aromatic rings. The van der Waals surface area contributed by atoms with Crippen LogP contribution in [0.1, 0.15) is 39.0 Å². The maximum atomic E-state index is 2.27. The summed E-state index contributed by atoms with van der Waals surface area (Å²) in [5.74, 6) is 0. The third kappa shape index (κ3) is 156. The van der Waals surface area contributed by atoms with Crippen molar-refractivity contribution in [2.24, 2.45) is 0 Å². The molecule has 0 bridgehead atoms. The van der Waals surface area contributed by atoms with Gasteiger partial charge in [0.05, 0.1) is 0 Å². The first kappa shape index (κ1) is 29.9. The van der Waals surface area contributed by atoms with E-state index >= 15 is 0 Å². The van der Waals surface area contributed by atoms with Crippen molar-refractivity contribution in [3.05, 3.63) is 11.0 Å². The fourth-order valence-corrected chi connectivity index (χ4v) is 1.12. The minimum atomic E-state index is 0.120. The Labute approximate surface area is 151 Å². The number of hydrogen-bond donors (Lipinski definition) is 0. The van der Waals surface area contributed by atoms with Crippen molar-refractivity contribution in [2.75, 3.05) is 0 Å². The minimum Gasteiger partial charge on any atom is -0.0715 e. The molecule has 6 radical (unpaired) electrons. The van der Waals surface area contributed by atoms with Gasteiger partial charge in [0.1, 0.15) is 0 Å². The van der Waals surface area contributed by atoms with Crippen molar-refractivity contribution >= 4 is 42.9 Å². The monoisotopic (exact) mass is 404 g/mol. The summed E-state index contributed by atoms with van der Waals surface area (Å²) >= 11 is 2.08. The molecule has 0 saturated carbocycles. The van der Waals surface area contributed by atoms with Crippen molar-refractivity contribution in [1.82, 2.24) is 0 Å². The maximum Gasteiger partial charge on any atom is 0.0379 e. The second-order valence-electron chi connectivity index (χ2n) is 6.75. The molecule has 21 heavy (non-hydrogen) atoms. The van der Waals surface area contributed by atoms with Crippen molar-refractivity contribution < 1.29 is 0 Å². The van der Waals surface area contributed by atoms with Crippen LogP contribution < -0.4 is 0 Å². The van der Waals surface area contributed by atoms with Crippen LogP contribution in [-0.2, 0) is 0 Å². The topological polar surface area (TPSA) is 0 Å². The van der Waals surface area contributed by atoms with Gasteiger partial charge in [0.2, 0.25) is 0 Å². The van der Waals surface area contributed by atoms with E-state index in [-0.39, 0.29) is 26.4 Å². The second kappa shape index (κ2) is 29.0. The molecular weight excluding hydrogens is 361 g/mol. The van der Waals surface area contributed by atoms with E-state index in [0.29, 0.717) is 0 Å². The van der Waals surface area contributed by atoms with Gasteiger partial charge in [-0.15, -0.1) is 0 Å². The molecule has 0 aliphatic heterocycles. The Bertz CT molecular complexity index is 147. The fourth-order valence-electron chi connectivity index (χ4n) is 0.772. The quantitative estimate of drug-likeness (QED) is 0.352. The first-order valence-corrected chi connectivity index (χ1v) is 18.4. The number of rotatable bonds is 5. The average Bonchev–Trinajstić information content (AvgIpc) is 2.26. The van der Waals surface area contributed by atoms with E-state index in [1.54, 1.807) is 0 Å². The smallest absolute Gasteiger partial charge is 0.0379 e. The Morgan fingerprint density at radius 3 is 1.24 bits per heavy atom. The normalized spacial score (nSPS) is 9.81. The number of hydrogen-bond acceptors (Lipinski definition) is 0. The van der Waals surface area contributed by atoms with Crippen molar-refractivity contribution in [2.45, 2.75) is 98.0 Å². The van der Waals surface area contributed by atoms with Crippen LogP contribution in [-0.4, -0.2) is 42.9 Å². The summed E-state index contributed by atoms with van der Waals surface area (Å²) in [6.07, 6.45) is 9.04. The van der Waals surface area contributed by atoms with Crippen LogP contribution in [0.5, 0.6) is 0 Å². The molecule has 0 N–H and O–H groups in total. The molecule has 0 saturated heterocycles. The van der Waals surface area contributed by atoms with Gasteiger partial charge in [-0.1, -0.05) is 58.9 Å². The van der Waals surface area contributed by atoms with Crippen molar-refractivity contribution in [3.8, 4) is 0 Å². The average molecular weight is 403 g/mol. The van der Waals surface area contributed by atoms with Crippen molar-refractivity contribution in [1.29, 1.82) is 0 Å². The van der Waals surface area contributed by atoms with Crippen LogP contribution in [0.4, 0.5) is 0 Å². The van der Waals surface area contributed by atoms with Gasteiger partial charge in [0.15, 0.2) is 0 Å². The van der Waals surface area contributed by atoms with Crippen LogP contribution in [0.3, 0.4) is 0 Å². The molecule has 0 unspecified atom stereocenters. The molecule has 0 rings (SSSR count). The van der Waals surface area contributed by atoms with Gasteiger partial charge in [0.25, 0.3) is 0 Å². The van der Waals surface area contributed by atoms with E-state index in [4.69, 9.17) is 0 Å². The van der Waals surface area contributed by atoms with Gasteiger partial charge < -0.3 is 0 Å². The molecule has 0 atom stereocenters. The fraction of sp³-hybridized carbons (Fsp3) is 0.882. The first-order valence-electron chi connectivity index (χ1n) is 8.24. The zero-order chi connectivity index (χ0) is 17.7. The van der Waals surface area contributed by atoms with Crippen LogP contribution in [0.2, 0.25) is 58.9 Å². The molecule has 126 valence electrons. The largest absolute Gasteiger partial charge is 0.0715 e. The predicted molar refractivity (Wildman–Crippen MR) is 114 cm³/mol. The molecule has 4 heteroatoms. The van der Waals surface area contributed by atoms with E-state index in [9.17, 15) is 0 Å². The second-order valence-corrected chi connectivity index (χ2v) is 16.5. The molecular formula is C17H42GeSi3. The third-order valence-electron chi connectivity index (χ3n) is 1.34. The Morgan fingerprint density at radius 2 is 1.00 bits per heavy atom. The molecule has 0 fully saturated rings. The van der Waals surface area contributed by atoms with Crippen LogP contribution in [0, 0.1) is 0 Å². The van der Waals surface area contributed by atoms with Crippen LogP contribution in [0.15, 0.2) is 11.0 Å². The summed E-state index contributed by atoms with van der Waals surface area (Å²) in [5.41, 5.74) is 0. The SMILES string of the molecule is CCCCCC/C=[CH]/[Ge].C[Si](C)C.C[Si](C)C.C[Si](C)C. The van der Waals surface area contributed by atoms with E-state index < -0.39 is 0 Å². The molecule has 0 aromatic heterocycles. The Morgan fingerprint density at radius 1 is 0.667 bits per heavy atom. The van der Waals surface area contributed by atoms with E-state index in [1.807, 2.05) is 0 Å². The number of unbranched alkanes of at least 4 members (excludes halogenated alkanes) is 4. The summed E-state index contributed by atoms with van der Waals surface area (Å²) in [7, 11) is 0.361. The Kier molecular flexibility index (Phi) is 41.3. The Hall–Kier alpha value is 0.934. The summed E-state index contributed by atoms with van der Waals surface area (Å²) in [4.78, 5) is 2.13.